The van der Waals surface area contributed by atoms with Gasteiger partial charge in [-0.15, -0.1) is 0 Å². The van der Waals surface area contributed by atoms with E-state index in [4.69, 9.17) is 9.84 Å². The number of rotatable bonds is 2. The molecule has 0 aliphatic rings. The molecule has 0 saturated heterocycles. The van der Waals surface area contributed by atoms with Crippen molar-refractivity contribution < 1.29 is 9.84 Å². The average molecular weight is 256 g/mol. The quantitative estimate of drug-likeness (QED) is 0.817. The van der Waals surface area contributed by atoms with Gasteiger partial charge in [0.15, 0.2) is 0 Å². The highest BCUT2D eigenvalue weighted by atomic mass is 16.5. The summed E-state index contributed by atoms with van der Waals surface area (Å²) in [5.74, 6) is 0.846. The zero-order valence-corrected chi connectivity index (χ0v) is 13.7. The molecule has 0 heterocycles. The summed E-state index contributed by atoms with van der Waals surface area (Å²) in [6, 6.07) is 3.94. The summed E-state index contributed by atoms with van der Waals surface area (Å²) in [5.41, 5.74) is 3.07. The molecule has 0 radical (unpaired) electrons. The molecule has 0 aliphatic carbocycles. The molecule has 1 aromatic carbocycles. The van der Waals surface area contributed by atoms with Crippen LogP contribution in [0.1, 0.15) is 58.2 Å². The molecule has 0 aromatic heterocycles. The maximum absolute atomic E-state index is 9.01. The largest absolute Gasteiger partial charge is 0.496 e. The molecule has 1 aromatic rings. The number of aryl methyl sites for hydroxylation is 1. The SMILES string of the molecule is CC.CC.CC.COc1cc(C)cc(CO)c1C. The molecule has 0 saturated carbocycles. The van der Waals surface area contributed by atoms with Gasteiger partial charge in [-0.2, -0.15) is 0 Å². The maximum atomic E-state index is 9.01. The van der Waals surface area contributed by atoms with Crippen LogP contribution >= 0.6 is 0 Å². The van der Waals surface area contributed by atoms with E-state index in [9.17, 15) is 0 Å². The Morgan fingerprint density at radius 3 is 1.72 bits per heavy atom. The lowest BCUT2D eigenvalue weighted by molar-refractivity contribution is 0.280. The molecular formula is C16H32O2. The van der Waals surface area contributed by atoms with Crippen LogP contribution in [0.4, 0.5) is 0 Å². The number of benzene rings is 1. The zero-order chi connectivity index (χ0) is 15.1. The number of ether oxygens (including phenoxy) is 1. The highest BCUT2D eigenvalue weighted by Crippen LogP contribution is 2.23. The van der Waals surface area contributed by atoms with Gasteiger partial charge in [-0.25, -0.2) is 0 Å². The van der Waals surface area contributed by atoms with Crippen LogP contribution < -0.4 is 4.74 Å². The topological polar surface area (TPSA) is 29.5 Å². The molecule has 0 spiro atoms. The van der Waals surface area contributed by atoms with Crippen LogP contribution in [0.5, 0.6) is 5.75 Å². The molecule has 1 rings (SSSR count). The van der Waals surface area contributed by atoms with Crippen LogP contribution in [0.3, 0.4) is 0 Å². The molecule has 0 fully saturated rings. The van der Waals surface area contributed by atoms with Gasteiger partial charge in [0, 0.05) is 0 Å². The Balaban J connectivity index is -0.000000328. The Bertz CT molecular complexity index is 255. The molecule has 2 heteroatoms. The summed E-state index contributed by atoms with van der Waals surface area (Å²) in [4.78, 5) is 0. The third kappa shape index (κ3) is 8.13. The van der Waals surface area contributed by atoms with Crippen molar-refractivity contribution in [2.45, 2.75) is 62.0 Å². The van der Waals surface area contributed by atoms with E-state index in [1.54, 1.807) is 7.11 Å². The minimum Gasteiger partial charge on any atom is -0.496 e. The van der Waals surface area contributed by atoms with Crippen LogP contribution in [-0.2, 0) is 6.61 Å². The molecule has 18 heavy (non-hydrogen) atoms. The predicted molar refractivity (Wildman–Crippen MR) is 82.4 cm³/mol. The summed E-state index contributed by atoms with van der Waals surface area (Å²) in [5, 5.41) is 9.01. The highest BCUT2D eigenvalue weighted by molar-refractivity contribution is 5.42. The van der Waals surface area contributed by atoms with Crippen molar-refractivity contribution >= 4 is 0 Å². The van der Waals surface area contributed by atoms with Crippen LogP contribution in [0, 0.1) is 13.8 Å². The third-order valence-corrected chi connectivity index (χ3v) is 2.00. The van der Waals surface area contributed by atoms with Crippen molar-refractivity contribution in [1.29, 1.82) is 0 Å². The van der Waals surface area contributed by atoms with Crippen LogP contribution in [-0.4, -0.2) is 12.2 Å². The van der Waals surface area contributed by atoms with Gasteiger partial charge in [-0.1, -0.05) is 47.6 Å². The summed E-state index contributed by atoms with van der Waals surface area (Å²) < 4.78 is 5.16. The summed E-state index contributed by atoms with van der Waals surface area (Å²) >= 11 is 0. The molecule has 0 unspecified atom stereocenters. The lowest BCUT2D eigenvalue weighted by atomic mass is 10.1. The first-order valence-corrected chi connectivity index (χ1v) is 6.94. The number of hydrogen-bond donors (Lipinski definition) is 1. The van der Waals surface area contributed by atoms with E-state index in [2.05, 4.69) is 0 Å². The van der Waals surface area contributed by atoms with E-state index < -0.39 is 0 Å². The molecule has 2 nitrogen and oxygen atoms in total. The lowest BCUT2D eigenvalue weighted by Gasteiger charge is -2.09. The van der Waals surface area contributed by atoms with Gasteiger partial charge in [0.05, 0.1) is 13.7 Å². The van der Waals surface area contributed by atoms with E-state index in [-0.39, 0.29) is 6.61 Å². The van der Waals surface area contributed by atoms with Crippen molar-refractivity contribution in [2.24, 2.45) is 0 Å². The first-order valence-electron chi connectivity index (χ1n) is 6.94. The van der Waals surface area contributed by atoms with Crippen LogP contribution in [0.15, 0.2) is 12.1 Å². The minimum atomic E-state index is 0.0733. The molecule has 0 atom stereocenters. The molecule has 108 valence electrons. The monoisotopic (exact) mass is 256 g/mol. The summed E-state index contributed by atoms with van der Waals surface area (Å²) in [6.07, 6.45) is 0. The lowest BCUT2D eigenvalue weighted by Crippen LogP contribution is -1.94. The van der Waals surface area contributed by atoms with Crippen molar-refractivity contribution in [3.05, 3.63) is 28.8 Å². The first-order chi connectivity index (χ1) is 8.69. The van der Waals surface area contributed by atoms with Crippen LogP contribution in [0.2, 0.25) is 0 Å². The average Bonchev–Trinajstić information content (AvgIpc) is 2.47. The van der Waals surface area contributed by atoms with E-state index in [0.717, 1.165) is 22.4 Å². The second kappa shape index (κ2) is 16.0. The molecule has 0 bridgehead atoms. The van der Waals surface area contributed by atoms with Gasteiger partial charge in [0.1, 0.15) is 5.75 Å². The van der Waals surface area contributed by atoms with Crippen molar-refractivity contribution in [3.63, 3.8) is 0 Å². The number of hydrogen-bond acceptors (Lipinski definition) is 2. The summed E-state index contributed by atoms with van der Waals surface area (Å²) in [6.45, 7) is 16.0. The van der Waals surface area contributed by atoms with Crippen LogP contribution in [0.25, 0.3) is 0 Å². The van der Waals surface area contributed by atoms with E-state index in [1.807, 2.05) is 67.5 Å². The number of aliphatic hydroxyl groups is 1. The second-order valence-electron chi connectivity index (χ2n) is 2.91. The van der Waals surface area contributed by atoms with E-state index in [1.165, 1.54) is 0 Å². The van der Waals surface area contributed by atoms with E-state index >= 15 is 0 Å². The molecular weight excluding hydrogens is 224 g/mol. The van der Waals surface area contributed by atoms with Gasteiger partial charge in [0.25, 0.3) is 0 Å². The smallest absolute Gasteiger partial charge is 0.122 e. The van der Waals surface area contributed by atoms with Crippen molar-refractivity contribution in [3.8, 4) is 5.75 Å². The Morgan fingerprint density at radius 2 is 1.39 bits per heavy atom. The molecule has 0 aliphatic heterocycles. The molecule has 1 N–H and O–H groups in total. The fraction of sp³-hybridized carbons (Fsp3) is 0.625. The highest BCUT2D eigenvalue weighted by Gasteiger charge is 2.04. The van der Waals surface area contributed by atoms with Crippen molar-refractivity contribution in [1.82, 2.24) is 0 Å². The standard InChI is InChI=1S/C10H14O2.3C2H6/c1-7-4-9(6-11)8(2)10(5-7)12-3;3*1-2/h4-5,11H,6H2,1-3H3;3*1-2H3. The predicted octanol–water partition coefficient (Wildman–Crippen LogP) is 4.88. The van der Waals surface area contributed by atoms with Crippen molar-refractivity contribution in [2.75, 3.05) is 7.11 Å². The fourth-order valence-corrected chi connectivity index (χ4v) is 1.27. The Kier molecular flexibility index (Phi) is 19.7. The normalized spacial score (nSPS) is 7.67. The maximum Gasteiger partial charge on any atom is 0.122 e. The van der Waals surface area contributed by atoms with Gasteiger partial charge in [0.2, 0.25) is 0 Å². The second-order valence-corrected chi connectivity index (χ2v) is 2.91. The van der Waals surface area contributed by atoms with E-state index in [0.29, 0.717) is 0 Å². The Hall–Kier alpha value is -1.02. The van der Waals surface area contributed by atoms with Gasteiger partial charge in [-0.3, -0.25) is 0 Å². The minimum absolute atomic E-state index is 0.0733. The van der Waals surface area contributed by atoms with Gasteiger partial charge >= 0.3 is 0 Å². The number of methoxy groups -OCH3 is 1. The molecule has 0 amide bonds. The first kappa shape index (κ1) is 22.2. The number of aliphatic hydroxyl groups excluding tert-OH is 1. The van der Waals surface area contributed by atoms with Gasteiger partial charge < -0.3 is 9.84 Å². The fourth-order valence-electron chi connectivity index (χ4n) is 1.27. The zero-order valence-electron chi connectivity index (χ0n) is 13.7. The summed E-state index contributed by atoms with van der Waals surface area (Å²) in [7, 11) is 1.64. The Labute approximate surface area is 114 Å². The Morgan fingerprint density at radius 1 is 0.944 bits per heavy atom. The van der Waals surface area contributed by atoms with Gasteiger partial charge in [-0.05, 0) is 36.6 Å². The third-order valence-electron chi connectivity index (χ3n) is 2.00.